The van der Waals surface area contributed by atoms with Crippen molar-refractivity contribution in [2.45, 2.75) is 0 Å². The molecule has 0 aliphatic rings. The normalized spacial score (nSPS) is 10.6. The van der Waals surface area contributed by atoms with E-state index >= 15 is 0 Å². The summed E-state index contributed by atoms with van der Waals surface area (Å²) in [5.74, 6) is 0. The molecule has 0 amide bonds. The first kappa shape index (κ1) is 10.2. The van der Waals surface area contributed by atoms with Crippen LogP contribution < -0.4 is 0 Å². The molecule has 3 nitrogen and oxygen atoms in total. The van der Waals surface area contributed by atoms with Crippen molar-refractivity contribution < 1.29 is 4.92 Å². The summed E-state index contributed by atoms with van der Waals surface area (Å²) < 4.78 is 0.734. The molecule has 0 heterocycles. The van der Waals surface area contributed by atoms with Crippen molar-refractivity contribution >= 4 is 33.6 Å². The van der Waals surface area contributed by atoms with Gasteiger partial charge in [-0.3, -0.25) is 10.1 Å². The van der Waals surface area contributed by atoms with Crippen molar-refractivity contribution in [2.75, 3.05) is 0 Å². The molecule has 0 aromatic heterocycles. The summed E-state index contributed by atoms with van der Waals surface area (Å²) in [6.45, 7) is 0. The third kappa shape index (κ3) is 2.82. The van der Waals surface area contributed by atoms with E-state index in [1.54, 1.807) is 18.2 Å². The fraction of sp³-hybridized carbons (Fsp3) is 0. The van der Waals surface area contributed by atoms with E-state index < -0.39 is 4.92 Å². The Balaban J connectivity index is 3.06. The fourth-order valence-electron chi connectivity index (χ4n) is 0.805. The first-order valence-corrected chi connectivity index (χ1v) is 4.54. The molecule has 0 fully saturated rings. The number of hydrogen-bond donors (Lipinski definition) is 0. The Hall–Kier alpha value is -0.870. The third-order valence-corrected chi connectivity index (χ3v) is 2.38. The standard InChI is InChI=1S/C8H5BrClNO2/c9-7-2-1-3-8(10)6(7)4-5-11(12)13/h1-5H/b5-4+. The molecule has 0 unspecified atom stereocenters. The van der Waals surface area contributed by atoms with Gasteiger partial charge in [-0.05, 0) is 12.1 Å². The Morgan fingerprint density at radius 1 is 1.54 bits per heavy atom. The lowest BCUT2D eigenvalue weighted by Crippen LogP contribution is -1.84. The predicted molar refractivity (Wildman–Crippen MR) is 55.2 cm³/mol. The van der Waals surface area contributed by atoms with Gasteiger partial charge < -0.3 is 0 Å². The highest BCUT2D eigenvalue weighted by Gasteiger charge is 2.01. The highest BCUT2D eigenvalue weighted by atomic mass is 79.9. The zero-order chi connectivity index (χ0) is 9.84. The topological polar surface area (TPSA) is 43.1 Å². The minimum absolute atomic E-state index is 0.479. The van der Waals surface area contributed by atoms with Crippen LogP contribution in [0.4, 0.5) is 0 Å². The van der Waals surface area contributed by atoms with E-state index in [0.29, 0.717) is 10.6 Å². The minimum atomic E-state index is -0.532. The van der Waals surface area contributed by atoms with E-state index in [-0.39, 0.29) is 0 Å². The number of nitro groups is 1. The van der Waals surface area contributed by atoms with Gasteiger partial charge in [0.05, 0.1) is 4.92 Å². The Bertz CT molecular complexity index is 345. The lowest BCUT2D eigenvalue weighted by molar-refractivity contribution is -0.400. The summed E-state index contributed by atoms with van der Waals surface area (Å²) >= 11 is 9.05. The van der Waals surface area contributed by atoms with E-state index in [9.17, 15) is 10.1 Å². The Kier molecular flexibility index (Phi) is 3.45. The van der Waals surface area contributed by atoms with Gasteiger partial charge in [-0.15, -0.1) is 0 Å². The lowest BCUT2D eigenvalue weighted by atomic mass is 10.2. The largest absolute Gasteiger partial charge is 0.259 e. The van der Waals surface area contributed by atoms with Crippen LogP contribution in [0.5, 0.6) is 0 Å². The van der Waals surface area contributed by atoms with Gasteiger partial charge in [-0.25, -0.2) is 0 Å². The molecular formula is C8H5BrClNO2. The molecule has 1 aromatic rings. The van der Waals surface area contributed by atoms with Crippen molar-refractivity contribution in [2.24, 2.45) is 0 Å². The molecule has 0 aliphatic carbocycles. The monoisotopic (exact) mass is 261 g/mol. The van der Waals surface area contributed by atoms with Gasteiger partial charge in [-0.2, -0.15) is 0 Å². The predicted octanol–water partition coefficient (Wildman–Crippen LogP) is 3.35. The Labute approximate surface area is 88.3 Å². The van der Waals surface area contributed by atoms with Crippen LogP contribution in [0.25, 0.3) is 6.08 Å². The number of rotatable bonds is 2. The third-order valence-electron chi connectivity index (χ3n) is 1.36. The van der Waals surface area contributed by atoms with Crippen LogP contribution in [0.1, 0.15) is 5.56 Å². The summed E-state index contributed by atoms with van der Waals surface area (Å²) in [6.07, 6.45) is 2.21. The van der Waals surface area contributed by atoms with Crippen LogP contribution in [-0.4, -0.2) is 4.92 Å². The van der Waals surface area contributed by atoms with Crippen LogP contribution in [0.15, 0.2) is 28.9 Å². The van der Waals surface area contributed by atoms with Crippen molar-refractivity contribution in [3.63, 3.8) is 0 Å². The van der Waals surface area contributed by atoms with Gasteiger partial charge >= 0.3 is 0 Å². The Morgan fingerprint density at radius 2 is 2.23 bits per heavy atom. The molecule has 1 rings (SSSR count). The van der Waals surface area contributed by atoms with Crippen molar-refractivity contribution in [3.05, 3.63) is 49.6 Å². The molecule has 0 aliphatic heterocycles. The maximum atomic E-state index is 10.1. The van der Waals surface area contributed by atoms with Crippen molar-refractivity contribution in [3.8, 4) is 0 Å². The minimum Gasteiger partial charge on any atom is -0.259 e. The summed E-state index contributed by atoms with van der Waals surface area (Å²) in [5, 5.41) is 10.5. The van der Waals surface area contributed by atoms with Crippen LogP contribution in [-0.2, 0) is 0 Å². The first-order chi connectivity index (χ1) is 6.11. The first-order valence-electron chi connectivity index (χ1n) is 3.37. The molecule has 1 aromatic carbocycles. The van der Waals surface area contributed by atoms with Crippen LogP contribution in [0, 0.1) is 10.1 Å². The average molecular weight is 262 g/mol. The summed E-state index contributed by atoms with van der Waals surface area (Å²) in [7, 11) is 0. The molecule has 0 saturated heterocycles. The molecule has 0 N–H and O–H groups in total. The van der Waals surface area contributed by atoms with E-state index in [1.807, 2.05) is 0 Å². The second-order valence-corrected chi connectivity index (χ2v) is 3.50. The highest BCUT2D eigenvalue weighted by Crippen LogP contribution is 2.25. The summed E-state index contributed by atoms with van der Waals surface area (Å²) in [4.78, 5) is 9.52. The summed E-state index contributed by atoms with van der Waals surface area (Å²) in [6, 6.07) is 5.20. The van der Waals surface area contributed by atoms with Gasteiger partial charge in [0, 0.05) is 21.1 Å². The molecule has 0 saturated carbocycles. The zero-order valence-electron chi connectivity index (χ0n) is 6.41. The molecule has 0 spiro atoms. The number of halogens is 2. The molecule has 0 atom stereocenters. The van der Waals surface area contributed by atoms with Crippen LogP contribution >= 0.6 is 27.5 Å². The molecule has 0 radical (unpaired) electrons. The van der Waals surface area contributed by atoms with Gasteiger partial charge in [0.2, 0.25) is 6.20 Å². The molecule has 5 heteroatoms. The van der Waals surface area contributed by atoms with E-state index in [4.69, 9.17) is 11.6 Å². The molecule has 68 valence electrons. The van der Waals surface area contributed by atoms with E-state index in [2.05, 4.69) is 15.9 Å². The average Bonchev–Trinajstić information content (AvgIpc) is 2.03. The molecular weight excluding hydrogens is 257 g/mol. The quantitative estimate of drug-likeness (QED) is 0.606. The SMILES string of the molecule is O=[N+]([O-])/C=C/c1c(Cl)cccc1Br. The molecule has 13 heavy (non-hydrogen) atoms. The van der Waals surface area contributed by atoms with E-state index in [1.165, 1.54) is 6.08 Å². The number of benzene rings is 1. The number of nitrogens with zero attached hydrogens (tertiary/aromatic N) is 1. The van der Waals surface area contributed by atoms with Crippen molar-refractivity contribution in [1.29, 1.82) is 0 Å². The van der Waals surface area contributed by atoms with Gasteiger partial charge in [-0.1, -0.05) is 33.6 Å². The fourth-order valence-corrected chi connectivity index (χ4v) is 1.66. The lowest BCUT2D eigenvalue weighted by Gasteiger charge is -1.98. The van der Waals surface area contributed by atoms with Crippen molar-refractivity contribution in [1.82, 2.24) is 0 Å². The van der Waals surface area contributed by atoms with Gasteiger partial charge in [0.1, 0.15) is 0 Å². The molecule has 0 bridgehead atoms. The van der Waals surface area contributed by atoms with Crippen LogP contribution in [0.3, 0.4) is 0 Å². The maximum absolute atomic E-state index is 10.1. The van der Waals surface area contributed by atoms with E-state index in [0.717, 1.165) is 10.7 Å². The van der Waals surface area contributed by atoms with Gasteiger partial charge in [0.15, 0.2) is 0 Å². The zero-order valence-corrected chi connectivity index (χ0v) is 8.75. The Morgan fingerprint density at radius 3 is 2.77 bits per heavy atom. The second-order valence-electron chi connectivity index (χ2n) is 2.24. The van der Waals surface area contributed by atoms with Gasteiger partial charge in [0.25, 0.3) is 0 Å². The highest BCUT2D eigenvalue weighted by molar-refractivity contribution is 9.10. The summed E-state index contributed by atoms with van der Waals surface area (Å²) in [5.41, 5.74) is 0.612. The second kappa shape index (κ2) is 4.39. The smallest absolute Gasteiger partial charge is 0.235 e. The number of hydrogen-bond acceptors (Lipinski definition) is 2. The maximum Gasteiger partial charge on any atom is 0.235 e. The van der Waals surface area contributed by atoms with Crippen LogP contribution in [0.2, 0.25) is 5.02 Å².